The largest absolute Gasteiger partial charge is 0.391 e. The average molecular weight is 321 g/mol. The fourth-order valence-electron chi connectivity index (χ4n) is 2.73. The average Bonchev–Trinajstić information content (AvgIpc) is 2.41. The fraction of sp³-hybridized carbons (Fsp3) is 0.400. The summed E-state index contributed by atoms with van der Waals surface area (Å²) < 4.78 is 0.981. The Morgan fingerprint density at radius 1 is 1.26 bits per heavy atom. The topological polar surface area (TPSA) is 45.1 Å². The van der Waals surface area contributed by atoms with Crippen LogP contribution in [0.4, 0.5) is 5.69 Å². The first-order valence-electron chi connectivity index (χ1n) is 6.73. The number of fused-ring (bicyclic) bond motifs is 1. The van der Waals surface area contributed by atoms with Crippen LogP contribution in [-0.4, -0.2) is 22.2 Å². The van der Waals surface area contributed by atoms with E-state index in [0.29, 0.717) is 0 Å². The third kappa shape index (κ3) is 2.74. The summed E-state index contributed by atoms with van der Waals surface area (Å²) in [5.41, 5.74) is 1.97. The first-order chi connectivity index (χ1) is 9.24. The van der Waals surface area contributed by atoms with Gasteiger partial charge in [0.2, 0.25) is 0 Å². The molecule has 4 heteroatoms. The first-order valence-corrected chi connectivity index (χ1v) is 7.52. The van der Waals surface area contributed by atoms with Crippen LogP contribution in [-0.2, 0) is 0 Å². The lowest BCUT2D eigenvalue weighted by molar-refractivity contribution is 0.116. The van der Waals surface area contributed by atoms with Gasteiger partial charge in [0.15, 0.2) is 0 Å². The maximum Gasteiger partial charge on any atom is 0.0934 e. The number of hydrogen-bond donors (Lipinski definition) is 2. The summed E-state index contributed by atoms with van der Waals surface area (Å²) in [6.45, 7) is 0. The van der Waals surface area contributed by atoms with Gasteiger partial charge in [-0.15, -0.1) is 0 Å². The summed E-state index contributed by atoms with van der Waals surface area (Å²) in [5, 5.41) is 14.6. The van der Waals surface area contributed by atoms with Crippen LogP contribution in [0.1, 0.15) is 25.7 Å². The van der Waals surface area contributed by atoms with Crippen molar-refractivity contribution in [3.05, 3.63) is 34.9 Å². The minimum Gasteiger partial charge on any atom is -0.391 e. The van der Waals surface area contributed by atoms with Crippen molar-refractivity contribution < 1.29 is 5.11 Å². The van der Waals surface area contributed by atoms with E-state index in [2.05, 4.69) is 38.4 Å². The summed E-state index contributed by atoms with van der Waals surface area (Å²) in [5.74, 6) is 0. The van der Waals surface area contributed by atoms with Crippen molar-refractivity contribution in [1.82, 2.24) is 4.98 Å². The summed E-state index contributed by atoms with van der Waals surface area (Å²) in [6, 6.07) is 8.31. The van der Waals surface area contributed by atoms with Crippen molar-refractivity contribution in [1.29, 1.82) is 0 Å². The molecule has 0 bridgehead atoms. The fourth-order valence-corrected chi connectivity index (χ4v) is 3.08. The highest BCUT2D eigenvalue weighted by Crippen LogP contribution is 2.27. The normalized spacial score (nSPS) is 23.5. The number of pyridine rings is 1. The number of halogens is 1. The predicted octanol–water partition coefficient (Wildman–Crippen LogP) is 3.71. The van der Waals surface area contributed by atoms with Crippen LogP contribution in [0.25, 0.3) is 10.9 Å². The maximum atomic E-state index is 10.1. The lowest BCUT2D eigenvalue weighted by Gasteiger charge is -2.29. The van der Waals surface area contributed by atoms with Crippen LogP contribution in [0.5, 0.6) is 0 Å². The standard InChI is InChI=1S/C15H17BrN2O/c16-11-8-10-4-3-6-13(15(10)17-9-11)18-12-5-1-2-7-14(12)19/h3-4,6,8-9,12,14,18-19H,1-2,5,7H2/t12-,14-/m0/s1. The third-order valence-corrected chi connectivity index (χ3v) is 4.18. The Bertz CT molecular complexity index is 587. The van der Waals surface area contributed by atoms with Gasteiger partial charge in [0.05, 0.1) is 23.3 Å². The Morgan fingerprint density at radius 2 is 2.11 bits per heavy atom. The molecule has 3 nitrogen and oxygen atoms in total. The molecule has 1 aliphatic rings. The minimum absolute atomic E-state index is 0.143. The highest BCUT2D eigenvalue weighted by Gasteiger charge is 2.23. The molecule has 1 aromatic carbocycles. The summed E-state index contributed by atoms with van der Waals surface area (Å²) >= 11 is 3.44. The lowest BCUT2D eigenvalue weighted by Crippen LogP contribution is -2.36. The molecule has 0 amide bonds. The highest BCUT2D eigenvalue weighted by molar-refractivity contribution is 9.10. The second kappa shape index (κ2) is 5.47. The summed E-state index contributed by atoms with van der Waals surface area (Å²) in [6.07, 6.45) is 5.78. The summed E-state index contributed by atoms with van der Waals surface area (Å²) in [4.78, 5) is 4.48. The molecule has 3 rings (SSSR count). The molecule has 1 saturated carbocycles. The molecule has 0 spiro atoms. The number of nitrogens with one attached hydrogen (secondary N) is 1. The molecular formula is C15H17BrN2O. The molecule has 0 unspecified atom stereocenters. The molecule has 2 N–H and O–H groups in total. The molecule has 19 heavy (non-hydrogen) atoms. The SMILES string of the molecule is O[C@H]1CCCC[C@@H]1Nc1cccc2cc(Br)cnc12. The first kappa shape index (κ1) is 12.9. The zero-order valence-electron chi connectivity index (χ0n) is 10.6. The molecule has 0 radical (unpaired) electrons. The van der Waals surface area contributed by atoms with Crippen LogP contribution in [0.3, 0.4) is 0 Å². The molecule has 2 aromatic rings. The Balaban J connectivity index is 1.92. The number of rotatable bonds is 2. The predicted molar refractivity (Wildman–Crippen MR) is 81.3 cm³/mol. The third-order valence-electron chi connectivity index (χ3n) is 3.75. The van der Waals surface area contributed by atoms with E-state index < -0.39 is 0 Å². The second-order valence-corrected chi connectivity index (χ2v) is 6.05. The van der Waals surface area contributed by atoms with Gasteiger partial charge in [0, 0.05) is 16.1 Å². The second-order valence-electron chi connectivity index (χ2n) is 5.13. The number of nitrogens with zero attached hydrogens (tertiary/aromatic N) is 1. The molecule has 0 aliphatic heterocycles. The Kier molecular flexibility index (Phi) is 3.71. The molecule has 1 aliphatic carbocycles. The number of hydrogen-bond acceptors (Lipinski definition) is 3. The van der Waals surface area contributed by atoms with Crippen molar-refractivity contribution >= 4 is 32.5 Å². The zero-order valence-corrected chi connectivity index (χ0v) is 12.2. The van der Waals surface area contributed by atoms with E-state index in [-0.39, 0.29) is 12.1 Å². The maximum absolute atomic E-state index is 10.1. The van der Waals surface area contributed by atoms with Gasteiger partial charge in [-0.05, 0) is 40.9 Å². The van der Waals surface area contributed by atoms with Gasteiger partial charge in [-0.1, -0.05) is 25.0 Å². The summed E-state index contributed by atoms with van der Waals surface area (Å²) in [7, 11) is 0. The Morgan fingerprint density at radius 3 is 2.95 bits per heavy atom. The van der Waals surface area contributed by atoms with Crippen molar-refractivity contribution in [2.24, 2.45) is 0 Å². The van der Waals surface area contributed by atoms with Gasteiger partial charge in [0.25, 0.3) is 0 Å². The molecule has 1 heterocycles. The number of para-hydroxylation sites is 1. The van der Waals surface area contributed by atoms with Gasteiger partial charge in [-0.25, -0.2) is 0 Å². The molecule has 0 saturated heterocycles. The van der Waals surface area contributed by atoms with Crippen molar-refractivity contribution in [3.8, 4) is 0 Å². The molecule has 1 aromatic heterocycles. The molecular weight excluding hydrogens is 304 g/mol. The number of anilines is 1. The Hall–Kier alpha value is -1.13. The smallest absolute Gasteiger partial charge is 0.0934 e. The minimum atomic E-state index is -0.251. The quantitative estimate of drug-likeness (QED) is 0.886. The molecule has 2 atom stereocenters. The van der Waals surface area contributed by atoms with E-state index in [4.69, 9.17) is 0 Å². The van der Waals surface area contributed by atoms with Gasteiger partial charge < -0.3 is 10.4 Å². The van der Waals surface area contributed by atoms with Gasteiger partial charge in [-0.2, -0.15) is 0 Å². The van der Waals surface area contributed by atoms with E-state index in [1.54, 1.807) is 0 Å². The monoisotopic (exact) mass is 320 g/mol. The van der Waals surface area contributed by atoms with Crippen LogP contribution >= 0.6 is 15.9 Å². The van der Waals surface area contributed by atoms with Crippen molar-refractivity contribution in [2.45, 2.75) is 37.8 Å². The van der Waals surface area contributed by atoms with Crippen molar-refractivity contribution in [3.63, 3.8) is 0 Å². The van der Waals surface area contributed by atoms with Gasteiger partial charge >= 0.3 is 0 Å². The number of benzene rings is 1. The number of aliphatic hydroxyl groups is 1. The molecule has 1 fully saturated rings. The zero-order chi connectivity index (χ0) is 13.2. The van der Waals surface area contributed by atoms with Crippen LogP contribution in [0, 0.1) is 0 Å². The van der Waals surface area contributed by atoms with E-state index in [1.807, 2.05) is 18.3 Å². The van der Waals surface area contributed by atoms with Crippen LogP contribution < -0.4 is 5.32 Å². The van der Waals surface area contributed by atoms with E-state index in [0.717, 1.165) is 40.3 Å². The molecule has 100 valence electrons. The number of aromatic nitrogens is 1. The van der Waals surface area contributed by atoms with Gasteiger partial charge in [-0.3, -0.25) is 4.98 Å². The van der Waals surface area contributed by atoms with Crippen LogP contribution in [0.15, 0.2) is 34.9 Å². The van der Waals surface area contributed by atoms with Gasteiger partial charge in [0.1, 0.15) is 0 Å². The van der Waals surface area contributed by atoms with Crippen molar-refractivity contribution in [2.75, 3.05) is 5.32 Å². The lowest BCUT2D eigenvalue weighted by atomic mass is 9.92. The van der Waals surface area contributed by atoms with E-state index in [1.165, 1.54) is 6.42 Å². The van der Waals surface area contributed by atoms with Crippen LogP contribution in [0.2, 0.25) is 0 Å². The van der Waals surface area contributed by atoms with E-state index >= 15 is 0 Å². The van der Waals surface area contributed by atoms with E-state index in [9.17, 15) is 5.11 Å². The number of aliphatic hydroxyl groups excluding tert-OH is 1. The Labute approximate surface area is 121 Å². The highest BCUT2D eigenvalue weighted by atomic mass is 79.9.